The van der Waals surface area contributed by atoms with E-state index in [0.717, 1.165) is 106 Å². The Hall–Kier alpha value is -7.91. The van der Waals surface area contributed by atoms with Crippen molar-refractivity contribution in [2.75, 3.05) is 36.2 Å². The molecule has 0 aliphatic carbocycles. The van der Waals surface area contributed by atoms with Crippen LogP contribution in [0.3, 0.4) is 0 Å². The van der Waals surface area contributed by atoms with Gasteiger partial charge in [0, 0.05) is 64.5 Å². The van der Waals surface area contributed by atoms with Crippen molar-refractivity contribution < 1.29 is 42.9 Å². The molecule has 0 fully saturated rings. The lowest BCUT2D eigenvalue weighted by atomic mass is 9.79. The first kappa shape index (κ1) is 78.7. The van der Waals surface area contributed by atoms with Crippen molar-refractivity contribution in [3.8, 4) is 37.4 Å². The van der Waals surface area contributed by atoms with Crippen LogP contribution in [0.4, 0.5) is 11.4 Å². The van der Waals surface area contributed by atoms with Gasteiger partial charge < -0.3 is 18.9 Å². The first-order valence-electron chi connectivity index (χ1n) is 40.3. The lowest BCUT2D eigenvalue weighted by Crippen LogP contribution is -2.42. The number of carbonyl (C=O) groups excluding carboxylic acids is 5. The first-order valence-corrected chi connectivity index (χ1v) is 42.7. The van der Waals surface area contributed by atoms with Crippen molar-refractivity contribution in [3.05, 3.63) is 169 Å². The molecule has 107 heavy (non-hydrogen) atoms. The lowest BCUT2D eigenvalue weighted by Gasteiger charge is -2.34. The summed E-state index contributed by atoms with van der Waals surface area (Å²) < 4.78 is 26.8. The average Bonchev–Trinajstić information content (AvgIpc) is 0.951. The van der Waals surface area contributed by atoms with Gasteiger partial charge in [0.05, 0.1) is 52.7 Å². The zero-order valence-electron chi connectivity index (χ0n) is 64.8. The fourth-order valence-electron chi connectivity index (χ4n) is 16.1. The number of imide groups is 2. The van der Waals surface area contributed by atoms with Crippen LogP contribution in [0, 0.1) is 0 Å². The van der Waals surface area contributed by atoms with Crippen LogP contribution >= 0.6 is 38.6 Å². The van der Waals surface area contributed by atoms with E-state index in [0.29, 0.717) is 104 Å². The summed E-state index contributed by atoms with van der Waals surface area (Å²) in [5, 5.41) is 5.56. The molecule has 0 unspecified atom stereocenters. The van der Waals surface area contributed by atoms with E-state index in [1.807, 2.05) is 84.9 Å². The summed E-state index contributed by atoms with van der Waals surface area (Å²) >= 11 is 6.98. The maximum absolute atomic E-state index is 16.0. The molecule has 564 valence electrons. The van der Waals surface area contributed by atoms with Crippen LogP contribution in [0.1, 0.15) is 321 Å². The van der Waals surface area contributed by atoms with Crippen LogP contribution < -0.4 is 24.0 Å². The van der Waals surface area contributed by atoms with Crippen LogP contribution in [0.2, 0.25) is 0 Å². The summed E-state index contributed by atoms with van der Waals surface area (Å²) in [6.45, 7) is 22.9. The molecule has 14 heteroatoms. The highest BCUT2D eigenvalue weighted by molar-refractivity contribution is 9.11. The second-order valence-electron chi connectivity index (χ2n) is 31.0. The number of para-hydroxylation sites is 2. The normalized spacial score (nSPS) is 13.1. The van der Waals surface area contributed by atoms with Crippen LogP contribution in [0.15, 0.2) is 119 Å². The quantitative estimate of drug-likeness (QED) is 0.0121. The number of ether oxygens (including phenoxy) is 4. The summed E-state index contributed by atoms with van der Waals surface area (Å²) in [6, 6.07) is 37.6. The van der Waals surface area contributed by atoms with E-state index in [1.54, 1.807) is 34.8 Å². The van der Waals surface area contributed by atoms with E-state index in [4.69, 9.17) is 18.9 Å². The fraction of sp³-hybridized carbons (Fsp3) is 0.452. The summed E-state index contributed by atoms with van der Waals surface area (Å²) in [7, 11) is 0. The Morgan fingerprint density at radius 3 is 1.20 bits per heavy atom. The number of fused-ring (bicyclic) bond motifs is 2. The standard InChI is InChI=1S/C93H109BrN2O9S2/c1-11-13-15-17-19-21-23-25-27-31-49-102-63-53-62(54-64(55-63)103-50-32-28-26-24-22-20-18-16-14-12-2)93(101)105-52-34-30-29-33-51-104-76-57-75-83-72(90(98)96(92(75)100)88-67(60(7)8)39-36-40-68(88)61(9)10)43-41-69-81-73(77-45-46-78(106-77)79-47-48-80(94)107-79)56-74-82-71(44-42-70(85(81)82)84(76)86(69)83)89(97)95(91(74)99)87-65(58(3)4)37-35-38-66(87)59(5)6/h35-48,53-61H,11-34,49-52H2,1-10H3. The van der Waals surface area contributed by atoms with Gasteiger partial charge in [-0.25, -0.2) is 14.6 Å². The molecule has 0 spiro atoms. The van der Waals surface area contributed by atoms with Gasteiger partial charge in [0.15, 0.2) is 0 Å². The third kappa shape index (κ3) is 17.3. The van der Waals surface area contributed by atoms with E-state index < -0.39 is 29.6 Å². The van der Waals surface area contributed by atoms with E-state index in [9.17, 15) is 4.79 Å². The van der Waals surface area contributed by atoms with Crippen molar-refractivity contribution in [2.24, 2.45) is 0 Å². The molecule has 0 saturated carbocycles. The smallest absolute Gasteiger partial charge is 0.338 e. The molecular weight excluding hydrogens is 1430 g/mol. The van der Waals surface area contributed by atoms with Crippen molar-refractivity contribution in [3.63, 3.8) is 0 Å². The van der Waals surface area contributed by atoms with Crippen molar-refractivity contribution >= 4 is 123 Å². The number of thiophene rings is 2. The minimum absolute atomic E-state index is 0.00530. The van der Waals surface area contributed by atoms with Gasteiger partial charge in [-0.3, -0.25) is 19.2 Å². The van der Waals surface area contributed by atoms with Crippen LogP contribution in [-0.2, 0) is 4.74 Å². The highest BCUT2D eigenvalue weighted by Gasteiger charge is 2.42. The van der Waals surface area contributed by atoms with E-state index in [-0.39, 0.29) is 36.9 Å². The second-order valence-corrected chi connectivity index (χ2v) is 34.5. The fourth-order valence-corrected chi connectivity index (χ4v) is 18.7. The molecule has 0 saturated heterocycles. The summed E-state index contributed by atoms with van der Waals surface area (Å²) in [6.07, 6.45) is 27.6. The molecule has 0 N–H and O–H groups in total. The molecule has 2 aromatic heterocycles. The van der Waals surface area contributed by atoms with Gasteiger partial charge in [-0.15, -0.1) is 22.7 Å². The number of hydrogen-bond acceptors (Lipinski definition) is 11. The average molecular weight is 1540 g/mol. The number of benzene rings is 8. The maximum atomic E-state index is 16.0. The van der Waals surface area contributed by atoms with Crippen molar-refractivity contribution in [1.29, 1.82) is 0 Å². The summed E-state index contributed by atoms with van der Waals surface area (Å²) in [5.41, 5.74) is 7.67. The van der Waals surface area contributed by atoms with E-state index in [2.05, 4.69) is 103 Å². The Kier molecular flexibility index (Phi) is 26.9. The first-order chi connectivity index (χ1) is 51.9. The highest BCUT2D eigenvalue weighted by Crippen LogP contribution is 2.55. The number of nitrogens with zero attached hydrogens (tertiary/aromatic N) is 2. The number of rotatable bonds is 41. The largest absolute Gasteiger partial charge is 0.493 e. The van der Waals surface area contributed by atoms with Gasteiger partial charge in [-0.05, 0) is 183 Å². The predicted octanol–water partition coefficient (Wildman–Crippen LogP) is 27.4. The molecule has 2 aliphatic heterocycles. The Bertz CT molecular complexity index is 4730. The van der Waals surface area contributed by atoms with Crippen molar-refractivity contribution in [2.45, 2.75) is 247 Å². The van der Waals surface area contributed by atoms with Gasteiger partial charge in [0.2, 0.25) is 0 Å². The maximum Gasteiger partial charge on any atom is 0.338 e. The van der Waals surface area contributed by atoms with Gasteiger partial charge >= 0.3 is 5.97 Å². The molecule has 2 aliphatic rings. The number of esters is 1. The molecule has 0 radical (unpaired) electrons. The molecular formula is C93H109BrN2O9S2. The minimum atomic E-state index is -0.433. The van der Waals surface area contributed by atoms with Gasteiger partial charge in [-0.1, -0.05) is 233 Å². The Morgan fingerprint density at radius 1 is 0.364 bits per heavy atom. The second kappa shape index (κ2) is 36.5. The predicted molar refractivity (Wildman–Crippen MR) is 449 cm³/mol. The monoisotopic (exact) mass is 1540 g/mol. The number of hydrogen-bond donors (Lipinski definition) is 0. The molecule has 0 bridgehead atoms. The SMILES string of the molecule is CCCCCCCCCCCCOc1cc(OCCCCCCCCCCCC)cc(C(=O)OCCCCCCOc2cc3c4c(ccc5c6c(-c7ccc(-c8ccc(Br)s8)s7)cc7c8c(ccc(c2c45)c86)C(=O)N(c2c(C(C)C)cccc2C(C)C)C7=O)C(=O)N(c2c(C(C)C)cccc2C(C)C)C3=O)c1. The lowest BCUT2D eigenvalue weighted by molar-refractivity contribution is 0.0495. The van der Waals surface area contributed by atoms with Crippen LogP contribution in [0.25, 0.3) is 63.3 Å². The molecule has 8 aromatic carbocycles. The van der Waals surface area contributed by atoms with Gasteiger partial charge in [-0.2, -0.15) is 0 Å². The zero-order chi connectivity index (χ0) is 75.4. The van der Waals surface area contributed by atoms with Crippen molar-refractivity contribution in [1.82, 2.24) is 0 Å². The number of unbranched alkanes of at least 4 members (excludes halogenated alkanes) is 21. The molecule has 4 amide bonds. The minimum Gasteiger partial charge on any atom is -0.493 e. The number of carbonyl (C=O) groups is 5. The Labute approximate surface area is 650 Å². The molecule has 4 heterocycles. The topological polar surface area (TPSA) is 129 Å². The van der Waals surface area contributed by atoms with Crippen LogP contribution in [-0.4, -0.2) is 56.0 Å². The van der Waals surface area contributed by atoms with Gasteiger partial charge in [0.1, 0.15) is 17.2 Å². The number of amides is 4. The van der Waals surface area contributed by atoms with Gasteiger partial charge in [0.25, 0.3) is 23.6 Å². The molecule has 12 rings (SSSR count). The zero-order valence-corrected chi connectivity index (χ0v) is 68.1. The van der Waals surface area contributed by atoms with Crippen LogP contribution in [0.5, 0.6) is 17.2 Å². The molecule has 10 aromatic rings. The molecule has 11 nitrogen and oxygen atoms in total. The molecule has 0 atom stereocenters. The highest BCUT2D eigenvalue weighted by atomic mass is 79.9. The number of anilines is 2. The Morgan fingerprint density at radius 2 is 0.748 bits per heavy atom. The third-order valence-corrected chi connectivity index (χ3v) is 24.7. The Balaban J connectivity index is 0.846. The van der Waals surface area contributed by atoms with E-state index >= 15 is 19.2 Å². The number of halogens is 1. The van der Waals surface area contributed by atoms with E-state index in [1.165, 1.54) is 113 Å². The summed E-state index contributed by atoms with van der Waals surface area (Å²) in [4.78, 5) is 83.4. The third-order valence-electron chi connectivity index (χ3n) is 21.8. The summed E-state index contributed by atoms with van der Waals surface area (Å²) in [5.74, 6) is -0.344.